The number of fused-ring (bicyclic) bond motifs is 2. The first kappa shape index (κ1) is 20.8. The zero-order chi connectivity index (χ0) is 22.3. The number of carbonyl (C=O) groups excluding carboxylic acids is 4. The molecule has 2 aliphatic carbocycles. The quantitative estimate of drug-likeness (QED) is 0.550. The number of ether oxygens (including phenoxy) is 3. The second kappa shape index (κ2) is 8.11. The number of rotatable bonds is 5. The van der Waals surface area contributed by atoms with Crippen molar-refractivity contribution in [1.29, 1.82) is 0 Å². The van der Waals surface area contributed by atoms with Gasteiger partial charge in [-0.15, -0.1) is 0 Å². The van der Waals surface area contributed by atoms with Crippen LogP contribution in [0.5, 0.6) is 11.5 Å². The summed E-state index contributed by atoms with van der Waals surface area (Å²) >= 11 is 0. The Hall–Kier alpha value is -3.10. The lowest BCUT2D eigenvalue weighted by Gasteiger charge is -2.21. The van der Waals surface area contributed by atoms with Crippen LogP contribution in [0.4, 0.5) is 5.69 Å². The van der Waals surface area contributed by atoms with E-state index in [1.54, 1.807) is 18.2 Å². The summed E-state index contributed by atoms with van der Waals surface area (Å²) < 4.78 is 16.9. The first-order valence-electron chi connectivity index (χ1n) is 11.3. The van der Waals surface area contributed by atoms with Gasteiger partial charge in [-0.2, -0.15) is 0 Å². The topological polar surface area (TPSA) is 111 Å². The number of nitrogens with zero attached hydrogens (tertiary/aromatic N) is 1. The van der Waals surface area contributed by atoms with E-state index in [1.165, 1.54) is 0 Å². The lowest BCUT2D eigenvalue weighted by Crippen LogP contribution is -2.37. The Morgan fingerprint density at radius 3 is 2.34 bits per heavy atom. The molecule has 4 aliphatic rings. The van der Waals surface area contributed by atoms with Crippen molar-refractivity contribution in [2.75, 3.05) is 18.5 Å². The molecule has 2 unspecified atom stereocenters. The molecular formula is C23H26N2O7. The average Bonchev–Trinajstić information content (AvgIpc) is 3.45. The van der Waals surface area contributed by atoms with Crippen molar-refractivity contribution in [1.82, 2.24) is 4.90 Å². The molecule has 1 aromatic carbocycles. The Morgan fingerprint density at radius 1 is 1.00 bits per heavy atom. The number of carbonyl (C=O) groups is 4. The molecule has 3 fully saturated rings. The molecule has 170 valence electrons. The highest BCUT2D eigenvalue weighted by atomic mass is 16.7. The SMILES string of the molecule is O=C(COC(=O)CN1C(=O)C2CCCCC2C1=O)Nc1ccc2c(c1)OC1(CCCC1)O2. The van der Waals surface area contributed by atoms with Crippen LogP contribution in [0.2, 0.25) is 0 Å². The van der Waals surface area contributed by atoms with Crippen LogP contribution in [0.15, 0.2) is 18.2 Å². The van der Waals surface area contributed by atoms with Crippen LogP contribution < -0.4 is 14.8 Å². The molecule has 2 atom stereocenters. The summed E-state index contributed by atoms with van der Waals surface area (Å²) in [6, 6.07) is 5.12. The molecule has 1 N–H and O–H groups in total. The van der Waals surface area contributed by atoms with Crippen molar-refractivity contribution >= 4 is 29.4 Å². The number of benzene rings is 1. The molecule has 0 bridgehead atoms. The Morgan fingerprint density at radius 2 is 1.66 bits per heavy atom. The number of hydrogen-bond donors (Lipinski definition) is 1. The van der Waals surface area contributed by atoms with Gasteiger partial charge >= 0.3 is 5.97 Å². The molecule has 0 aromatic heterocycles. The molecule has 5 rings (SSSR count). The molecule has 2 saturated carbocycles. The van der Waals surface area contributed by atoms with E-state index in [0.29, 0.717) is 30.0 Å². The van der Waals surface area contributed by atoms with Gasteiger partial charge in [-0.1, -0.05) is 12.8 Å². The molecule has 3 amide bonds. The number of esters is 1. The van der Waals surface area contributed by atoms with Gasteiger partial charge in [-0.05, 0) is 37.8 Å². The fourth-order valence-corrected chi connectivity index (χ4v) is 5.19. The number of amides is 3. The highest BCUT2D eigenvalue weighted by Crippen LogP contribution is 2.47. The normalized spacial score (nSPS) is 25.2. The van der Waals surface area contributed by atoms with Crippen LogP contribution in [0.1, 0.15) is 51.4 Å². The summed E-state index contributed by atoms with van der Waals surface area (Å²) in [5.74, 6) is -1.91. The maximum absolute atomic E-state index is 12.4. The smallest absolute Gasteiger partial charge is 0.326 e. The Balaban J connectivity index is 1.11. The number of anilines is 1. The van der Waals surface area contributed by atoms with Gasteiger partial charge in [0.25, 0.3) is 11.7 Å². The molecule has 2 aliphatic heterocycles. The predicted octanol–water partition coefficient (Wildman–Crippen LogP) is 2.38. The van der Waals surface area contributed by atoms with Crippen LogP contribution in [-0.2, 0) is 23.9 Å². The number of hydrogen-bond acceptors (Lipinski definition) is 7. The van der Waals surface area contributed by atoms with E-state index in [9.17, 15) is 19.2 Å². The zero-order valence-electron chi connectivity index (χ0n) is 17.8. The van der Waals surface area contributed by atoms with Crippen LogP contribution in [0.25, 0.3) is 0 Å². The van der Waals surface area contributed by atoms with E-state index in [0.717, 1.165) is 43.4 Å². The third-order valence-electron chi connectivity index (χ3n) is 6.77. The Labute approximate surface area is 185 Å². The van der Waals surface area contributed by atoms with E-state index in [4.69, 9.17) is 14.2 Å². The summed E-state index contributed by atoms with van der Waals surface area (Å²) in [6.07, 6.45) is 6.97. The van der Waals surface area contributed by atoms with E-state index < -0.39 is 30.8 Å². The molecule has 32 heavy (non-hydrogen) atoms. The second-order valence-electron chi connectivity index (χ2n) is 8.95. The van der Waals surface area contributed by atoms with E-state index in [-0.39, 0.29) is 23.7 Å². The Kier molecular flexibility index (Phi) is 5.27. The van der Waals surface area contributed by atoms with Crippen molar-refractivity contribution < 1.29 is 33.4 Å². The monoisotopic (exact) mass is 442 g/mol. The van der Waals surface area contributed by atoms with Crippen molar-refractivity contribution in [2.45, 2.75) is 57.2 Å². The van der Waals surface area contributed by atoms with Crippen LogP contribution >= 0.6 is 0 Å². The molecular weight excluding hydrogens is 416 g/mol. The lowest BCUT2D eigenvalue weighted by atomic mass is 9.81. The van der Waals surface area contributed by atoms with Gasteiger partial charge in [0, 0.05) is 24.6 Å². The summed E-state index contributed by atoms with van der Waals surface area (Å²) in [6.45, 7) is -0.968. The molecule has 9 nitrogen and oxygen atoms in total. The molecule has 2 heterocycles. The first-order chi connectivity index (χ1) is 15.4. The minimum absolute atomic E-state index is 0.304. The summed E-state index contributed by atoms with van der Waals surface area (Å²) in [5, 5.41) is 2.66. The fraction of sp³-hybridized carbons (Fsp3) is 0.565. The summed E-state index contributed by atoms with van der Waals surface area (Å²) in [7, 11) is 0. The zero-order valence-corrected chi connectivity index (χ0v) is 17.8. The third kappa shape index (κ3) is 3.80. The largest absolute Gasteiger partial charge is 0.454 e. The molecule has 1 aromatic rings. The van der Waals surface area contributed by atoms with Crippen molar-refractivity contribution in [3.63, 3.8) is 0 Å². The number of nitrogens with one attached hydrogen (secondary N) is 1. The van der Waals surface area contributed by atoms with Crippen LogP contribution in [-0.4, -0.2) is 47.5 Å². The van der Waals surface area contributed by atoms with Gasteiger partial charge in [0.1, 0.15) is 6.54 Å². The van der Waals surface area contributed by atoms with E-state index >= 15 is 0 Å². The molecule has 9 heteroatoms. The van der Waals surface area contributed by atoms with E-state index in [2.05, 4.69) is 5.32 Å². The van der Waals surface area contributed by atoms with Gasteiger partial charge in [-0.25, -0.2) is 0 Å². The average molecular weight is 442 g/mol. The predicted molar refractivity (Wildman–Crippen MR) is 111 cm³/mol. The van der Waals surface area contributed by atoms with Gasteiger partial charge < -0.3 is 19.5 Å². The van der Waals surface area contributed by atoms with Crippen LogP contribution in [0, 0.1) is 11.8 Å². The minimum atomic E-state index is -0.783. The highest BCUT2D eigenvalue weighted by molar-refractivity contribution is 6.07. The maximum atomic E-state index is 12.4. The minimum Gasteiger partial charge on any atom is -0.454 e. The lowest BCUT2D eigenvalue weighted by molar-refractivity contribution is -0.154. The molecule has 1 spiro atoms. The van der Waals surface area contributed by atoms with Gasteiger partial charge in [0.15, 0.2) is 18.1 Å². The summed E-state index contributed by atoms with van der Waals surface area (Å²) in [5.41, 5.74) is 0.498. The van der Waals surface area contributed by atoms with Gasteiger partial charge in [-0.3, -0.25) is 24.1 Å². The second-order valence-corrected chi connectivity index (χ2v) is 8.95. The third-order valence-corrected chi connectivity index (χ3v) is 6.77. The van der Waals surface area contributed by atoms with Crippen LogP contribution in [0.3, 0.4) is 0 Å². The van der Waals surface area contributed by atoms with Gasteiger partial charge in [0.05, 0.1) is 11.8 Å². The highest BCUT2D eigenvalue weighted by Gasteiger charge is 2.48. The molecule has 0 radical (unpaired) electrons. The maximum Gasteiger partial charge on any atom is 0.326 e. The summed E-state index contributed by atoms with van der Waals surface area (Å²) in [4.78, 5) is 50.3. The fourth-order valence-electron chi connectivity index (χ4n) is 5.19. The molecule has 1 saturated heterocycles. The van der Waals surface area contributed by atoms with E-state index in [1.807, 2.05) is 0 Å². The number of imide groups is 1. The standard InChI is InChI=1S/C23H26N2O7/c26-19(24-14-7-8-17-18(11-14)32-23(31-17)9-3-4-10-23)13-30-20(27)12-25-21(28)15-5-1-2-6-16(15)22(25)29/h7-8,11,15-16H,1-6,9-10,12-13H2,(H,24,26). The van der Waals surface area contributed by atoms with Gasteiger partial charge in [0.2, 0.25) is 11.8 Å². The number of likely N-dealkylation sites (tertiary alicyclic amines) is 1. The van der Waals surface area contributed by atoms with Crippen molar-refractivity contribution in [2.24, 2.45) is 11.8 Å². The van der Waals surface area contributed by atoms with Crippen molar-refractivity contribution in [3.8, 4) is 11.5 Å². The Bertz CT molecular complexity index is 945. The van der Waals surface area contributed by atoms with Crippen molar-refractivity contribution in [3.05, 3.63) is 18.2 Å². The first-order valence-corrected chi connectivity index (χ1v) is 11.3.